The summed E-state index contributed by atoms with van der Waals surface area (Å²) >= 11 is 5.10. The number of benzene rings is 1. The lowest BCUT2D eigenvalue weighted by Crippen LogP contribution is -2.01. The number of methoxy groups -OCH3 is 1. The Balaban J connectivity index is 2.20. The number of aliphatic hydroxyl groups is 1. The van der Waals surface area contributed by atoms with Gasteiger partial charge < -0.3 is 14.6 Å². The molecule has 1 N–H and O–H groups in total. The summed E-state index contributed by atoms with van der Waals surface area (Å²) in [5.74, 6) is 1.36. The molecule has 0 fully saturated rings. The summed E-state index contributed by atoms with van der Waals surface area (Å²) < 4.78 is 12.0. The fourth-order valence-corrected chi connectivity index (χ4v) is 3.06. The van der Waals surface area contributed by atoms with Crippen molar-refractivity contribution >= 4 is 27.3 Å². The van der Waals surface area contributed by atoms with Crippen molar-refractivity contribution < 1.29 is 14.6 Å². The van der Waals surface area contributed by atoms with Gasteiger partial charge in [0.1, 0.15) is 18.1 Å². The molecule has 5 heteroatoms. The lowest BCUT2D eigenvalue weighted by molar-refractivity contribution is 0.190. The number of thiophene rings is 1. The second kappa shape index (κ2) is 6.41. The molecular weight excluding hydrogens is 328 g/mol. The molecule has 0 bridgehead atoms. The van der Waals surface area contributed by atoms with E-state index >= 15 is 0 Å². The molecule has 1 atom stereocenters. The SMILES string of the molecule is COc1ccc([C@@H](C)O)c(OCc2sccc2Br)c1. The highest BCUT2D eigenvalue weighted by Crippen LogP contribution is 2.31. The van der Waals surface area contributed by atoms with E-state index in [1.165, 1.54) is 0 Å². The van der Waals surface area contributed by atoms with E-state index in [1.54, 1.807) is 31.4 Å². The third-order valence-corrected chi connectivity index (χ3v) is 4.62. The van der Waals surface area contributed by atoms with Gasteiger partial charge in [0, 0.05) is 16.1 Å². The summed E-state index contributed by atoms with van der Waals surface area (Å²) in [7, 11) is 1.61. The number of rotatable bonds is 5. The van der Waals surface area contributed by atoms with Crippen molar-refractivity contribution in [2.24, 2.45) is 0 Å². The van der Waals surface area contributed by atoms with Gasteiger partial charge in [0.05, 0.1) is 18.1 Å². The van der Waals surface area contributed by atoms with Crippen LogP contribution < -0.4 is 9.47 Å². The Kier molecular flexibility index (Phi) is 4.85. The number of aliphatic hydroxyl groups excluding tert-OH is 1. The highest BCUT2D eigenvalue weighted by Gasteiger charge is 2.12. The molecule has 0 aliphatic rings. The third-order valence-electron chi connectivity index (χ3n) is 2.72. The minimum absolute atomic E-state index is 0.463. The van der Waals surface area contributed by atoms with Crippen molar-refractivity contribution in [3.05, 3.63) is 44.6 Å². The molecule has 102 valence electrons. The highest BCUT2D eigenvalue weighted by atomic mass is 79.9. The van der Waals surface area contributed by atoms with Crippen LogP contribution in [0.25, 0.3) is 0 Å². The van der Waals surface area contributed by atoms with Gasteiger partial charge in [-0.2, -0.15) is 0 Å². The van der Waals surface area contributed by atoms with Crippen LogP contribution >= 0.6 is 27.3 Å². The number of hydrogen-bond acceptors (Lipinski definition) is 4. The first-order chi connectivity index (χ1) is 9.11. The third kappa shape index (κ3) is 3.49. The predicted molar refractivity (Wildman–Crippen MR) is 80.0 cm³/mol. The molecule has 0 amide bonds. The Morgan fingerprint density at radius 2 is 2.16 bits per heavy atom. The van der Waals surface area contributed by atoms with Crippen LogP contribution in [0.1, 0.15) is 23.5 Å². The molecule has 1 aromatic heterocycles. The van der Waals surface area contributed by atoms with Crippen molar-refractivity contribution in [1.29, 1.82) is 0 Å². The second-order valence-corrected chi connectivity index (χ2v) is 5.92. The van der Waals surface area contributed by atoms with Crippen LogP contribution in [0.5, 0.6) is 11.5 Å². The van der Waals surface area contributed by atoms with Crippen molar-refractivity contribution in [3.63, 3.8) is 0 Å². The molecule has 0 saturated heterocycles. The molecule has 0 radical (unpaired) electrons. The maximum atomic E-state index is 9.75. The van der Waals surface area contributed by atoms with Crippen LogP contribution in [-0.2, 0) is 6.61 Å². The first-order valence-electron chi connectivity index (χ1n) is 5.82. The first-order valence-corrected chi connectivity index (χ1v) is 7.49. The first kappa shape index (κ1) is 14.4. The van der Waals surface area contributed by atoms with Crippen LogP contribution in [0.15, 0.2) is 34.1 Å². The number of hydrogen-bond donors (Lipinski definition) is 1. The van der Waals surface area contributed by atoms with Crippen LogP contribution in [0.3, 0.4) is 0 Å². The van der Waals surface area contributed by atoms with E-state index in [9.17, 15) is 5.11 Å². The van der Waals surface area contributed by atoms with E-state index in [1.807, 2.05) is 23.6 Å². The van der Waals surface area contributed by atoms with Gasteiger partial charge >= 0.3 is 0 Å². The monoisotopic (exact) mass is 342 g/mol. The van der Waals surface area contributed by atoms with E-state index in [4.69, 9.17) is 9.47 Å². The van der Waals surface area contributed by atoms with Crippen molar-refractivity contribution in [2.75, 3.05) is 7.11 Å². The Morgan fingerprint density at radius 3 is 2.74 bits per heavy atom. The smallest absolute Gasteiger partial charge is 0.129 e. The van der Waals surface area contributed by atoms with E-state index in [0.717, 1.165) is 14.9 Å². The van der Waals surface area contributed by atoms with Crippen LogP contribution in [0.2, 0.25) is 0 Å². The predicted octanol–water partition coefficient (Wildman–Crippen LogP) is 4.15. The topological polar surface area (TPSA) is 38.7 Å². The van der Waals surface area contributed by atoms with Gasteiger partial charge in [-0.05, 0) is 46.4 Å². The van der Waals surface area contributed by atoms with E-state index in [0.29, 0.717) is 18.1 Å². The summed E-state index contributed by atoms with van der Waals surface area (Å²) in [6.45, 7) is 2.18. The maximum absolute atomic E-state index is 9.75. The van der Waals surface area contributed by atoms with Gasteiger partial charge in [0.25, 0.3) is 0 Å². The minimum atomic E-state index is -0.576. The molecular formula is C14H15BrO3S. The Bertz CT molecular complexity index is 551. The second-order valence-electron chi connectivity index (χ2n) is 4.06. The van der Waals surface area contributed by atoms with E-state index in [2.05, 4.69) is 15.9 Å². The van der Waals surface area contributed by atoms with Crippen LogP contribution in [-0.4, -0.2) is 12.2 Å². The zero-order chi connectivity index (χ0) is 13.8. The van der Waals surface area contributed by atoms with E-state index in [-0.39, 0.29) is 0 Å². The molecule has 2 rings (SSSR count). The maximum Gasteiger partial charge on any atom is 0.129 e. The Labute approximate surface area is 124 Å². The molecule has 0 saturated carbocycles. The summed E-state index contributed by atoms with van der Waals surface area (Å²) in [5.41, 5.74) is 0.758. The molecule has 0 aliphatic heterocycles. The average molecular weight is 343 g/mol. The molecule has 3 nitrogen and oxygen atoms in total. The molecule has 0 unspecified atom stereocenters. The standard InChI is InChI=1S/C14H15BrO3S/c1-9(16)11-4-3-10(17-2)7-13(11)18-8-14-12(15)5-6-19-14/h3-7,9,16H,8H2,1-2H3/t9-/m1/s1. The largest absolute Gasteiger partial charge is 0.497 e. The molecule has 1 heterocycles. The number of halogens is 1. The minimum Gasteiger partial charge on any atom is -0.497 e. The zero-order valence-corrected chi connectivity index (χ0v) is 13.1. The lowest BCUT2D eigenvalue weighted by Gasteiger charge is -2.14. The average Bonchev–Trinajstić information content (AvgIpc) is 2.81. The van der Waals surface area contributed by atoms with E-state index < -0.39 is 6.10 Å². The Hall–Kier alpha value is -1.04. The molecule has 0 aliphatic carbocycles. The summed E-state index contributed by atoms with van der Waals surface area (Å²) in [4.78, 5) is 1.11. The van der Waals surface area contributed by atoms with Gasteiger partial charge in [0.15, 0.2) is 0 Å². The van der Waals surface area contributed by atoms with Gasteiger partial charge in [-0.15, -0.1) is 11.3 Å². The van der Waals surface area contributed by atoms with Gasteiger partial charge in [0.2, 0.25) is 0 Å². The highest BCUT2D eigenvalue weighted by molar-refractivity contribution is 9.10. The molecule has 2 aromatic rings. The van der Waals surface area contributed by atoms with Crippen LogP contribution in [0, 0.1) is 0 Å². The van der Waals surface area contributed by atoms with Gasteiger partial charge in [-0.1, -0.05) is 0 Å². The number of ether oxygens (including phenoxy) is 2. The zero-order valence-electron chi connectivity index (χ0n) is 10.7. The molecule has 1 aromatic carbocycles. The van der Waals surface area contributed by atoms with Gasteiger partial charge in [-0.3, -0.25) is 0 Å². The summed E-state index contributed by atoms with van der Waals surface area (Å²) in [6.07, 6.45) is -0.576. The summed E-state index contributed by atoms with van der Waals surface area (Å²) in [5, 5.41) is 11.8. The van der Waals surface area contributed by atoms with Gasteiger partial charge in [-0.25, -0.2) is 0 Å². The normalized spacial score (nSPS) is 12.2. The fourth-order valence-electron chi connectivity index (χ4n) is 1.68. The van der Waals surface area contributed by atoms with Crippen LogP contribution in [0.4, 0.5) is 0 Å². The Morgan fingerprint density at radius 1 is 1.37 bits per heavy atom. The lowest BCUT2D eigenvalue weighted by atomic mass is 10.1. The van der Waals surface area contributed by atoms with Crippen molar-refractivity contribution in [2.45, 2.75) is 19.6 Å². The fraction of sp³-hybridized carbons (Fsp3) is 0.286. The summed E-state index contributed by atoms with van der Waals surface area (Å²) in [6, 6.07) is 7.42. The quantitative estimate of drug-likeness (QED) is 0.886. The molecule has 0 spiro atoms. The van der Waals surface area contributed by atoms with Crippen molar-refractivity contribution in [3.8, 4) is 11.5 Å². The molecule has 19 heavy (non-hydrogen) atoms. The van der Waals surface area contributed by atoms with Crippen molar-refractivity contribution in [1.82, 2.24) is 0 Å².